The van der Waals surface area contributed by atoms with Crippen LogP contribution < -0.4 is 0 Å². The highest BCUT2D eigenvalue weighted by Gasteiger charge is 2.13. The fourth-order valence-corrected chi connectivity index (χ4v) is 3.15. The Hall–Kier alpha value is -1.85. The molecule has 5 heteroatoms. The molecule has 3 rings (SSSR count). The third-order valence-electron chi connectivity index (χ3n) is 2.84. The van der Waals surface area contributed by atoms with Crippen LogP contribution in [-0.2, 0) is 0 Å². The Morgan fingerprint density at radius 1 is 1.40 bits per heavy atom. The summed E-state index contributed by atoms with van der Waals surface area (Å²) in [5.41, 5.74) is 1.66. The van der Waals surface area contributed by atoms with Gasteiger partial charge in [-0.3, -0.25) is 0 Å². The van der Waals surface area contributed by atoms with Gasteiger partial charge in [0.15, 0.2) is 5.09 Å². The van der Waals surface area contributed by atoms with Crippen molar-refractivity contribution < 1.29 is 4.42 Å². The lowest BCUT2D eigenvalue weighted by molar-refractivity contribution is 0.495. The van der Waals surface area contributed by atoms with E-state index < -0.39 is 0 Å². The van der Waals surface area contributed by atoms with Crippen LogP contribution in [0.15, 0.2) is 65.2 Å². The van der Waals surface area contributed by atoms with Gasteiger partial charge in [0.1, 0.15) is 11.3 Å². The molecule has 2 aromatic heterocycles. The number of benzene rings is 1. The Labute approximate surface area is 126 Å². The standard InChI is InChI=1S/C15H12N2OS2/c1-2-9-20-15-13(17-8-7-16-10-17)14(19)11-5-3-4-6-12(11)18-15/h2-8,10H,1,9H2. The van der Waals surface area contributed by atoms with E-state index in [1.807, 2.05) is 41.1 Å². The molecule has 0 spiro atoms. The van der Waals surface area contributed by atoms with Crippen LogP contribution in [-0.4, -0.2) is 15.3 Å². The fourth-order valence-electron chi connectivity index (χ4n) is 1.96. The lowest BCUT2D eigenvalue weighted by Gasteiger charge is -2.10. The summed E-state index contributed by atoms with van der Waals surface area (Å²) in [6.45, 7) is 3.75. The first-order chi connectivity index (χ1) is 9.81. The van der Waals surface area contributed by atoms with Crippen molar-refractivity contribution in [2.75, 3.05) is 5.75 Å². The minimum Gasteiger partial charge on any atom is -0.448 e. The van der Waals surface area contributed by atoms with Gasteiger partial charge in [0, 0.05) is 23.5 Å². The van der Waals surface area contributed by atoms with Crippen LogP contribution in [0.2, 0.25) is 0 Å². The van der Waals surface area contributed by atoms with Crippen LogP contribution in [0.1, 0.15) is 0 Å². The number of fused-ring (bicyclic) bond motifs is 1. The number of rotatable bonds is 4. The van der Waals surface area contributed by atoms with Crippen molar-refractivity contribution in [1.29, 1.82) is 0 Å². The van der Waals surface area contributed by atoms with Crippen LogP contribution in [0.25, 0.3) is 16.7 Å². The average Bonchev–Trinajstić information content (AvgIpc) is 2.99. The smallest absolute Gasteiger partial charge is 0.186 e. The van der Waals surface area contributed by atoms with E-state index >= 15 is 0 Å². The normalized spacial score (nSPS) is 10.8. The third-order valence-corrected chi connectivity index (χ3v) is 4.19. The molecule has 20 heavy (non-hydrogen) atoms. The number of aromatic nitrogens is 2. The Bertz CT molecular complexity index is 806. The van der Waals surface area contributed by atoms with Gasteiger partial charge >= 0.3 is 0 Å². The zero-order chi connectivity index (χ0) is 13.9. The van der Waals surface area contributed by atoms with Crippen LogP contribution >= 0.6 is 24.0 Å². The molecular weight excluding hydrogens is 288 g/mol. The molecule has 2 heterocycles. The van der Waals surface area contributed by atoms with Gasteiger partial charge < -0.3 is 8.98 Å². The molecule has 0 saturated carbocycles. The highest BCUT2D eigenvalue weighted by atomic mass is 32.2. The average molecular weight is 300 g/mol. The second-order valence-electron chi connectivity index (χ2n) is 4.13. The minimum atomic E-state index is 0.762. The second-order valence-corrected chi connectivity index (χ2v) is 5.53. The van der Waals surface area contributed by atoms with Gasteiger partial charge in [-0.05, 0) is 12.1 Å². The number of para-hydroxylation sites is 1. The van der Waals surface area contributed by atoms with Crippen LogP contribution in [0.4, 0.5) is 0 Å². The fraction of sp³-hybridized carbons (Fsp3) is 0.0667. The topological polar surface area (TPSA) is 31.0 Å². The van der Waals surface area contributed by atoms with Gasteiger partial charge in [-0.25, -0.2) is 4.98 Å². The monoisotopic (exact) mass is 300 g/mol. The van der Waals surface area contributed by atoms with E-state index in [-0.39, 0.29) is 0 Å². The van der Waals surface area contributed by atoms with Crippen molar-refractivity contribution >= 4 is 34.9 Å². The highest BCUT2D eigenvalue weighted by molar-refractivity contribution is 7.99. The summed E-state index contributed by atoms with van der Waals surface area (Å²) in [7, 11) is 0. The summed E-state index contributed by atoms with van der Waals surface area (Å²) in [5, 5.41) is 1.72. The van der Waals surface area contributed by atoms with Crippen molar-refractivity contribution in [1.82, 2.24) is 9.55 Å². The minimum absolute atomic E-state index is 0.762. The first-order valence-electron chi connectivity index (χ1n) is 6.09. The van der Waals surface area contributed by atoms with Crippen LogP contribution in [0.5, 0.6) is 0 Å². The quantitative estimate of drug-likeness (QED) is 0.399. The number of imidazole rings is 1. The van der Waals surface area contributed by atoms with Gasteiger partial charge in [0.2, 0.25) is 0 Å². The highest BCUT2D eigenvalue weighted by Crippen LogP contribution is 2.32. The van der Waals surface area contributed by atoms with Gasteiger partial charge in [-0.1, -0.05) is 42.2 Å². The Kier molecular flexibility index (Phi) is 3.71. The molecule has 0 aliphatic heterocycles. The van der Waals surface area contributed by atoms with E-state index in [1.165, 1.54) is 0 Å². The van der Waals surface area contributed by atoms with Crippen LogP contribution in [0, 0.1) is 4.51 Å². The number of hydrogen-bond acceptors (Lipinski definition) is 4. The number of hydrogen-bond donors (Lipinski definition) is 0. The summed E-state index contributed by atoms with van der Waals surface area (Å²) in [5.74, 6) is 0.762. The van der Waals surface area contributed by atoms with Gasteiger partial charge in [0.05, 0.1) is 10.8 Å². The van der Waals surface area contributed by atoms with Crippen molar-refractivity contribution in [2.45, 2.75) is 5.09 Å². The molecule has 0 amide bonds. The summed E-state index contributed by atoms with van der Waals surface area (Å²) in [6.07, 6.45) is 7.17. The molecule has 0 saturated heterocycles. The number of thioether (sulfide) groups is 1. The molecule has 0 unspecified atom stereocenters. The Morgan fingerprint density at radius 3 is 3.00 bits per heavy atom. The summed E-state index contributed by atoms with van der Waals surface area (Å²) < 4.78 is 8.67. The molecule has 3 nitrogen and oxygen atoms in total. The van der Waals surface area contributed by atoms with Gasteiger partial charge in [-0.15, -0.1) is 6.58 Å². The predicted octanol–water partition coefficient (Wildman–Crippen LogP) is 4.63. The van der Waals surface area contributed by atoms with E-state index in [4.69, 9.17) is 16.6 Å². The lowest BCUT2D eigenvalue weighted by atomic mass is 10.2. The SMILES string of the molecule is C=CCSc1oc2ccccc2c(=S)c1-n1ccnc1. The largest absolute Gasteiger partial charge is 0.448 e. The zero-order valence-electron chi connectivity index (χ0n) is 10.7. The molecule has 1 aromatic carbocycles. The Morgan fingerprint density at radius 2 is 2.25 bits per heavy atom. The lowest BCUT2D eigenvalue weighted by Crippen LogP contribution is -1.96. The van der Waals surface area contributed by atoms with Crippen LogP contribution in [0.3, 0.4) is 0 Å². The third kappa shape index (κ3) is 2.30. The van der Waals surface area contributed by atoms with Gasteiger partial charge in [-0.2, -0.15) is 0 Å². The molecular formula is C15H12N2OS2. The van der Waals surface area contributed by atoms with Crippen molar-refractivity contribution in [3.05, 3.63) is 60.2 Å². The second kappa shape index (κ2) is 5.64. The summed E-state index contributed by atoms with van der Waals surface area (Å²) in [6, 6.07) is 7.81. The molecule has 3 aromatic rings. The van der Waals surface area contributed by atoms with E-state index in [0.29, 0.717) is 0 Å². The van der Waals surface area contributed by atoms with Crippen molar-refractivity contribution in [2.24, 2.45) is 0 Å². The van der Waals surface area contributed by atoms with E-state index in [9.17, 15) is 0 Å². The maximum absolute atomic E-state index is 6.00. The molecule has 100 valence electrons. The van der Waals surface area contributed by atoms with E-state index in [1.54, 1.807) is 24.3 Å². The van der Waals surface area contributed by atoms with Crippen molar-refractivity contribution in [3.8, 4) is 5.69 Å². The van der Waals surface area contributed by atoms with E-state index in [2.05, 4.69) is 11.6 Å². The first kappa shape index (κ1) is 13.1. The molecule has 0 atom stereocenters. The molecule has 0 radical (unpaired) electrons. The maximum Gasteiger partial charge on any atom is 0.186 e. The first-order valence-corrected chi connectivity index (χ1v) is 7.48. The number of nitrogens with zero attached hydrogens (tertiary/aromatic N) is 2. The molecule has 0 aliphatic rings. The van der Waals surface area contributed by atoms with E-state index in [0.717, 1.165) is 32.0 Å². The predicted molar refractivity (Wildman–Crippen MR) is 85.1 cm³/mol. The zero-order valence-corrected chi connectivity index (χ0v) is 12.3. The molecule has 0 N–H and O–H groups in total. The van der Waals surface area contributed by atoms with Gasteiger partial charge in [0.25, 0.3) is 0 Å². The summed E-state index contributed by atoms with van der Waals surface area (Å²) in [4.78, 5) is 4.09. The summed E-state index contributed by atoms with van der Waals surface area (Å²) >= 11 is 7.21. The molecule has 0 bridgehead atoms. The maximum atomic E-state index is 6.00. The molecule has 0 aliphatic carbocycles. The van der Waals surface area contributed by atoms with Crippen molar-refractivity contribution in [3.63, 3.8) is 0 Å². The molecule has 0 fully saturated rings. The Balaban J connectivity index is 2.31.